The number of ether oxygens (including phenoxy) is 1. The van der Waals surface area contributed by atoms with Gasteiger partial charge >= 0.3 is 0 Å². The van der Waals surface area contributed by atoms with Crippen LogP contribution < -0.4 is 14.4 Å². The molecule has 0 spiro atoms. The molecule has 2 rings (SSSR count). The van der Waals surface area contributed by atoms with Crippen LogP contribution in [0.3, 0.4) is 0 Å². The Labute approximate surface area is 142 Å². The average Bonchev–Trinajstić information content (AvgIpc) is 2.96. The number of hydrogen-bond acceptors (Lipinski definition) is 5. The van der Waals surface area contributed by atoms with E-state index < -0.39 is 15.7 Å². The largest absolute Gasteiger partial charge is 0.485 e. The molecule has 1 heterocycles. The number of amidine groups is 1. The molecule has 1 N–H and O–H groups in total. The van der Waals surface area contributed by atoms with Crippen molar-refractivity contribution < 1.29 is 17.5 Å². The van der Waals surface area contributed by atoms with Crippen LogP contribution in [0.1, 0.15) is 19.4 Å². The Morgan fingerprint density at radius 2 is 2.12 bits per heavy atom. The van der Waals surface area contributed by atoms with Gasteiger partial charge in [-0.1, -0.05) is 6.07 Å². The van der Waals surface area contributed by atoms with Gasteiger partial charge in [-0.15, -0.1) is 0 Å². The van der Waals surface area contributed by atoms with Crippen LogP contribution >= 0.6 is 0 Å². The van der Waals surface area contributed by atoms with Crippen molar-refractivity contribution in [3.63, 3.8) is 0 Å². The zero-order valence-electron chi connectivity index (χ0n) is 14.5. The Kier molecular flexibility index (Phi) is 5.37. The van der Waals surface area contributed by atoms with Crippen LogP contribution in [-0.2, 0) is 16.4 Å². The second-order valence-electron chi connectivity index (χ2n) is 6.42. The molecule has 24 heavy (non-hydrogen) atoms. The Morgan fingerprint density at radius 3 is 2.67 bits per heavy atom. The number of anilines is 1. The fraction of sp³-hybridized carbons (Fsp3) is 0.562. The van der Waals surface area contributed by atoms with Crippen LogP contribution in [-0.4, -0.2) is 52.9 Å². The summed E-state index contributed by atoms with van der Waals surface area (Å²) >= 11 is 0. The Morgan fingerprint density at radius 1 is 1.42 bits per heavy atom. The van der Waals surface area contributed by atoms with Crippen LogP contribution in [0, 0.1) is 0 Å². The fourth-order valence-electron chi connectivity index (χ4n) is 2.45. The summed E-state index contributed by atoms with van der Waals surface area (Å²) < 4.78 is 45.0. The molecular formula is C16H24FN3O3S. The summed E-state index contributed by atoms with van der Waals surface area (Å²) in [6.07, 6.45) is 1.15. The Balaban J connectivity index is 2.37. The number of hydrogen-bond donors (Lipinski definition) is 1. The lowest BCUT2D eigenvalue weighted by Crippen LogP contribution is -2.28. The van der Waals surface area contributed by atoms with E-state index in [1.165, 1.54) is 20.9 Å². The lowest BCUT2D eigenvalue weighted by molar-refractivity contribution is 0.214. The summed E-state index contributed by atoms with van der Waals surface area (Å²) in [7, 11) is -2.01. The minimum Gasteiger partial charge on any atom is -0.485 e. The van der Waals surface area contributed by atoms with Gasteiger partial charge in [0.2, 0.25) is 10.0 Å². The normalized spacial score (nSPS) is 15.0. The molecule has 1 aromatic rings. The van der Waals surface area contributed by atoms with Gasteiger partial charge in [-0.2, -0.15) is 0 Å². The van der Waals surface area contributed by atoms with Gasteiger partial charge in [-0.25, -0.2) is 12.8 Å². The predicted molar refractivity (Wildman–Crippen MR) is 94.4 cm³/mol. The first kappa shape index (κ1) is 18.5. The molecule has 0 bridgehead atoms. The third kappa shape index (κ3) is 4.83. The molecule has 0 saturated carbocycles. The highest BCUT2D eigenvalue weighted by molar-refractivity contribution is 7.92. The van der Waals surface area contributed by atoms with Crippen LogP contribution in [0.5, 0.6) is 5.75 Å². The highest BCUT2D eigenvalue weighted by atomic mass is 32.2. The van der Waals surface area contributed by atoms with Crippen molar-refractivity contribution >= 4 is 21.5 Å². The smallest absolute Gasteiger partial charge is 0.232 e. The van der Waals surface area contributed by atoms with Crippen LogP contribution in [0.25, 0.3) is 0 Å². The predicted octanol–water partition coefficient (Wildman–Crippen LogP) is 1.75. The van der Waals surface area contributed by atoms with E-state index in [9.17, 15) is 12.8 Å². The molecule has 134 valence electrons. The van der Waals surface area contributed by atoms with Crippen molar-refractivity contribution in [2.45, 2.75) is 25.9 Å². The first-order valence-electron chi connectivity index (χ1n) is 7.72. The summed E-state index contributed by atoms with van der Waals surface area (Å²) in [6.45, 7) is 4.64. The maximum absolute atomic E-state index is 14.3. The molecule has 0 atom stereocenters. The third-order valence-electron chi connectivity index (χ3n) is 3.65. The molecule has 0 aromatic heterocycles. The summed E-state index contributed by atoms with van der Waals surface area (Å²) in [5, 5.41) is 3.10. The van der Waals surface area contributed by atoms with Crippen LogP contribution in [0.15, 0.2) is 23.2 Å². The zero-order chi connectivity index (χ0) is 18.0. The van der Waals surface area contributed by atoms with E-state index in [4.69, 9.17) is 4.74 Å². The van der Waals surface area contributed by atoms with Gasteiger partial charge in [-0.3, -0.25) is 9.30 Å². The van der Waals surface area contributed by atoms with E-state index in [1.54, 1.807) is 18.2 Å². The van der Waals surface area contributed by atoms with E-state index in [1.807, 2.05) is 0 Å². The first-order chi connectivity index (χ1) is 11.1. The molecule has 0 amide bonds. The van der Waals surface area contributed by atoms with E-state index >= 15 is 0 Å². The van der Waals surface area contributed by atoms with Crippen molar-refractivity contribution in [3.05, 3.63) is 23.8 Å². The van der Waals surface area contributed by atoms with Crippen molar-refractivity contribution in [1.29, 1.82) is 0 Å². The van der Waals surface area contributed by atoms with E-state index in [-0.39, 0.29) is 13.0 Å². The van der Waals surface area contributed by atoms with Crippen LogP contribution in [0.2, 0.25) is 0 Å². The molecule has 8 heteroatoms. The number of halogens is 1. The number of benzene rings is 1. The SMILES string of the molecule is CN(c1cccc(OCC2=NCCN2)c1CC(C)(C)F)S(C)(=O)=O. The highest BCUT2D eigenvalue weighted by Gasteiger charge is 2.25. The molecule has 0 aliphatic carbocycles. The topological polar surface area (TPSA) is 71.0 Å². The second-order valence-corrected chi connectivity index (χ2v) is 8.44. The number of nitrogens with one attached hydrogen (secondary N) is 1. The molecule has 6 nitrogen and oxygen atoms in total. The number of sulfonamides is 1. The van der Waals surface area contributed by atoms with Crippen LogP contribution in [0.4, 0.5) is 10.1 Å². The summed E-state index contributed by atoms with van der Waals surface area (Å²) in [6, 6.07) is 5.07. The minimum atomic E-state index is -3.46. The average molecular weight is 357 g/mol. The van der Waals surface area contributed by atoms with Gasteiger partial charge in [0, 0.05) is 25.6 Å². The highest BCUT2D eigenvalue weighted by Crippen LogP contribution is 2.34. The molecular weight excluding hydrogens is 333 g/mol. The van der Waals surface area contributed by atoms with Gasteiger partial charge in [0.05, 0.1) is 18.5 Å². The van der Waals surface area contributed by atoms with Crippen molar-refractivity contribution in [1.82, 2.24) is 5.32 Å². The quantitative estimate of drug-likeness (QED) is 0.807. The van der Waals surface area contributed by atoms with E-state index in [0.29, 0.717) is 23.5 Å². The minimum absolute atomic E-state index is 0.0400. The summed E-state index contributed by atoms with van der Waals surface area (Å²) in [5.41, 5.74) is -0.561. The van der Waals surface area contributed by atoms with Gasteiger partial charge in [0.1, 0.15) is 23.9 Å². The Bertz CT molecular complexity index is 727. The molecule has 1 aliphatic rings. The monoisotopic (exact) mass is 357 g/mol. The number of alkyl halides is 1. The van der Waals surface area contributed by atoms with Crippen molar-refractivity contribution in [2.24, 2.45) is 4.99 Å². The molecule has 0 radical (unpaired) electrons. The molecule has 0 saturated heterocycles. The standard InChI is InChI=1S/C16H24FN3O3S/c1-16(2,17)10-12-13(20(3)24(4,21)22)6-5-7-14(12)23-11-15-18-8-9-19-15/h5-7H,8-11H2,1-4H3,(H,18,19). The van der Waals surface area contributed by atoms with E-state index in [0.717, 1.165) is 22.9 Å². The molecule has 1 aromatic carbocycles. The van der Waals surface area contributed by atoms with Crippen molar-refractivity contribution in [2.75, 3.05) is 37.3 Å². The molecule has 0 unspecified atom stereocenters. The molecule has 0 fully saturated rings. The van der Waals surface area contributed by atoms with Gasteiger partial charge in [0.15, 0.2) is 0 Å². The summed E-state index contributed by atoms with van der Waals surface area (Å²) in [4.78, 5) is 4.25. The zero-order valence-corrected chi connectivity index (χ0v) is 15.3. The lowest BCUT2D eigenvalue weighted by Gasteiger charge is -2.25. The Hall–Kier alpha value is -1.83. The number of aliphatic imine (C=N–C) groups is 1. The second kappa shape index (κ2) is 6.96. The first-order valence-corrected chi connectivity index (χ1v) is 9.57. The lowest BCUT2D eigenvalue weighted by atomic mass is 9.98. The maximum atomic E-state index is 14.3. The summed E-state index contributed by atoms with van der Waals surface area (Å²) in [5.74, 6) is 1.20. The maximum Gasteiger partial charge on any atom is 0.232 e. The molecule has 1 aliphatic heterocycles. The number of rotatable bonds is 7. The number of nitrogens with zero attached hydrogens (tertiary/aromatic N) is 2. The van der Waals surface area contributed by atoms with Crippen molar-refractivity contribution in [3.8, 4) is 5.75 Å². The third-order valence-corrected chi connectivity index (χ3v) is 4.84. The van der Waals surface area contributed by atoms with Gasteiger partial charge in [-0.05, 0) is 26.0 Å². The fourth-order valence-corrected chi connectivity index (χ4v) is 2.98. The van der Waals surface area contributed by atoms with Gasteiger partial charge in [0.25, 0.3) is 0 Å². The van der Waals surface area contributed by atoms with Gasteiger partial charge < -0.3 is 10.1 Å². The van der Waals surface area contributed by atoms with E-state index in [2.05, 4.69) is 10.3 Å².